The highest BCUT2D eigenvalue weighted by Crippen LogP contribution is 2.52. The van der Waals surface area contributed by atoms with Crippen molar-refractivity contribution in [2.45, 2.75) is 0 Å². The second kappa shape index (κ2) is 9.47. The molecule has 0 bridgehead atoms. The molecule has 0 spiro atoms. The Labute approximate surface area is 179 Å². The number of anilines is 2. The summed E-state index contributed by atoms with van der Waals surface area (Å²) in [5.41, 5.74) is 2.32. The highest BCUT2D eigenvalue weighted by atomic mass is 32.2. The van der Waals surface area contributed by atoms with Gasteiger partial charge in [-0.05, 0) is 36.4 Å². The zero-order valence-corrected chi connectivity index (χ0v) is 18.2. The molecule has 1 aliphatic heterocycles. The molecule has 1 fully saturated rings. The van der Waals surface area contributed by atoms with Crippen LogP contribution >= 0.6 is 8.22 Å². The molecule has 0 radical (unpaired) electrons. The smallest absolute Gasteiger partial charge is 0.371 e. The minimum atomic E-state index is -3.87. The average molecular weight is 441 g/mol. The van der Waals surface area contributed by atoms with Gasteiger partial charge in [0, 0.05) is 37.2 Å². The summed E-state index contributed by atoms with van der Waals surface area (Å²) in [6.07, 6.45) is 0.677. The molecule has 4 rings (SSSR count). The van der Waals surface area contributed by atoms with Crippen LogP contribution in [0, 0.1) is 0 Å². The molecule has 30 heavy (non-hydrogen) atoms. The first kappa shape index (κ1) is 20.7. The van der Waals surface area contributed by atoms with Gasteiger partial charge in [-0.25, -0.2) is 0 Å². The van der Waals surface area contributed by atoms with Crippen molar-refractivity contribution in [3.8, 4) is 5.75 Å². The van der Waals surface area contributed by atoms with Gasteiger partial charge in [0.25, 0.3) is 0 Å². The number of nitrogens with zero attached hydrogens (tertiary/aromatic N) is 2. The van der Waals surface area contributed by atoms with E-state index in [0.29, 0.717) is 18.5 Å². The Hall–Kier alpha value is -2.60. The first-order valence-electron chi connectivity index (χ1n) is 9.79. The molecular weight excluding hydrogens is 417 g/mol. The SMILES string of the molecule is O=S(=O)(NCCP1N(c2ccccc2)CCN1c1ccccc1)Oc1ccccc1. The second-order valence-electron chi connectivity index (χ2n) is 6.76. The zero-order valence-electron chi connectivity index (χ0n) is 16.5. The number of hydrogen-bond acceptors (Lipinski definition) is 5. The summed E-state index contributed by atoms with van der Waals surface area (Å²) in [4.78, 5) is 0. The van der Waals surface area contributed by atoms with Gasteiger partial charge in [0.2, 0.25) is 0 Å². The lowest BCUT2D eigenvalue weighted by atomic mass is 10.3. The Kier molecular flexibility index (Phi) is 6.53. The molecule has 0 saturated carbocycles. The molecule has 1 aliphatic rings. The maximum atomic E-state index is 12.3. The van der Waals surface area contributed by atoms with Gasteiger partial charge < -0.3 is 13.5 Å². The van der Waals surface area contributed by atoms with Crippen LogP contribution < -0.4 is 18.2 Å². The average Bonchev–Trinajstić information content (AvgIpc) is 3.19. The summed E-state index contributed by atoms with van der Waals surface area (Å²) in [5.74, 6) is 0.299. The van der Waals surface area contributed by atoms with Crippen molar-refractivity contribution in [3.63, 3.8) is 0 Å². The van der Waals surface area contributed by atoms with E-state index in [4.69, 9.17) is 4.18 Å². The van der Waals surface area contributed by atoms with E-state index >= 15 is 0 Å². The number of nitrogens with one attached hydrogen (secondary N) is 1. The fourth-order valence-corrected chi connectivity index (χ4v) is 6.84. The molecule has 156 valence electrons. The van der Waals surface area contributed by atoms with Gasteiger partial charge >= 0.3 is 10.3 Å². The molecule has 0 atom stereocenters. The Bertz CT molecular complexity index is 989. The van der Waals surface area contributed by atoms with Crippen molar-refractivity contribution in [2.75, 3.05) is 35.1 Å². The van der Waals surface area contributed by atoms with Gasteiger partial charge in [0.15, 0.2) is 0 Å². The molecule has 1 saturated heterocycles. The van der Waals surface area contributed by atoms with Crippen molar-refractivity contribution in [2.24, 2.45) is 0 Å². The van der Waals surface area contributed by atoms with Crippen molar-refractivity contribution in [1.82, 2.24) is 4.72 Å². The van der Waals surface area contributed by atoms with Crippen LogP contribution in [0.5, 0.6) is 5.75 Å². The van der Waals surface area contributed by atoms with Crippen LogP contribution in [0.4, 0.5) is 11.4 Å². The summed E-state index contributed by atoms with van der Waals surface area (Å²) in [7, 11) is -4.62. The lowest BCUT2D eigenvalue weighted by molar-refractivity contribution is 0.473. The minimum absolute atomic E-state index is 0.299. The first-order valence-corrected chi connectivity index (χ1v) is 12.6. The standard InChI is InChI=1S/C22H24N3O3PS/c26-30(27,28-22-14-8-3-9-15-22)23-16-19-29-24(20-10-4-1-5-11-20)17-18-25(29)21-12-6-2-7-13-21/h1-15,23H,16-19H2. The molecule has 6 nitrogen and oxygen atoms in total. The molecule has 0 aliphatic carbocycles. The van der Waals surface area contributed by atoms with Crippen LogP contribution in [0.25, 0.3) is 0 Å². The van der Waals surface area contributed by atoms with Crippen LogP contribution in [0.15, 0.2) is 91.0 Å². The van der Waals surface area contributed by atoms with Crippen LogP contribution in [-0.2, 0) is 10.3 Å². The van der Waals surface area contributed by atoms with E-state index in [1.165, 1.54) is 0 Å². The van der Waals surface area contributed by atoms with Crippen LogP contribution in [-0.4, -0.2) is 34.2 Å². The number of benzene rings is 3. The van der Waals surface area contributed by atoms with E-state index in [1.54, 1.807) is 24.3 Å². The monoisotopic (exact) mass is 441 g/mol. The maximum absolute atomic E-state index is 12.3. The van der Waals surface area contributed by atoms with Gasteiger partial charge in [0.05, 0.1) is 8.22 Å². The molecule has 1 N–H and O–H groups in total. The van der Waals surface area contributed by atoms with E-state index in [9.17, 15) is 8.42 Å². The highest BCUT2D eigenvalue weighted by molar-refractivity contribution is 7.85. The normalized spacial score (nSPS) is 14.8. The Morgan fingerprint density at radius 2 is 1.23 bits per heavy atom. The van der Waals surface area contributed by atoms with E-state index in [2.05, 4.69) is 38.3 Å². The third-order valence-corrected chi connectivity index (χ3v) is 8.30. The van der Waals surface area contributed by atoms with Crippen molar-refractivity contribution < 1.29 is 12.6 Å². The van der Waals surface area contributed by atoms with Gasteiger partial charge in [0.1, 0.15) is 5.75 Å². The Morgan fingerprint density at radius 1 is 0.767 bits per heavy atom. The molecule has 0 amide bonds. The largest absolute Gasteiger partial charge is 0.382 e. The molecule has 3 aromatic carbocycles. The molecular formula is C22H24N3O3PS. The van der Waals surface area contributed by atoms with Gasteiger partial charge in [-0.1, -0.05) is 54.6 Å². The minimum Gasteiger partial charge on any atom is -0.371 e. The predicted molar refractivity (Wildman–Crippen MR) is 123 cm³/mol. The summed E-state index contributed by atoms with van der Waals surface area (Å²) in [6.45, 7) is 2.10. The second-order valence-corrected chi connectivity index (χ2v) is 10.3. The quantitative estimate of drug-likeness (QED) is 0.530. The topological polar surface area (TPSA) is 61.9 Å². The molecule has 0 unspecified atom stereocenters. The lowest BCUT2D eigenvalue weighted by Crippen LogP contribution is -2.32. The van der Waals surface area contributed by atoms with E-state index in [1.807, 2.05) is 42.5 Å². The van der Waals surface area contributed by atoms with Crippen molar-refractivity contribution in [3.05, 3.63) is 91.0 Å². The van der Waals surface area contributed by atoms with Crippen LogP contribution in [0.3, 0.4) is 0 Å². The van der Waals surface area contributed by atoms with Crippen molar-refractivity contribution in [1.29, 1.82) is 0 Å². The predicted octanol–water partition coefficient (Wildman–Crippen LogP) is 4.24. The summed E-state index contributed by atoms with van der Waals surface area (Å²) in [6, 6.07) is 29.1. The van der Waals surface area contributed by atoms with E-state index in [-0.39, 0.29) is 0 Å². The third kappa shape index (κ3) is 5.11. The lowest BCUT2D eigenvalue weighted by Gasteiger charge is -2.32. The van der Waals surface area contributed by atoms with Crippen LogP contribution in [0.1, 0.15) is 0 Å². The van der Waals surface area contributed by atoms with Crippen molar-refractivity contribution >= 4 is 29.9 Å². The zero-order chi connectivity index (χ0) is 20.8. The molecule has 1 heterocycles. The Morgan fingerprint density at radius 3 is 1.73 bits per heavy atom. The molecule has 0 aromatic heterocycles. The maximum Gasteiger partial charge on any atom is 0.382 e. The van der Waals surface area contributed by atoms with E-state index in [0.717, 1.165) is 24.5 Å². The van der Waals surface area contributed by atoms with Crippen LogP contribution in [0.2, 0.25) is 0 Å². The highest BCUT2D eigenvalue weighted by Gasteiger charge is 2.32. The van der Waals surface area contributed by atoms with Gasteiger partial charge in [-0.3, -0.25) is 0 Å². The Balaban J connectivity index is 1.46. The fourth-order valence-electron chi connectivity index (χ4n) is 3.42. The summed E-state index contributed by atoms with van der Waals surface area (Å²) >= 11 is 0. The fraction of sp³-hybridized carbons (Fsp3) is 0.182. The van der Waals surface area contributed by atoms with Gasteiger partial charge in [-0.15, -0.1) is 0 Å². The number of para-hydroxylation sites is 3. The number of hydrogen-bond donors (Lipinski definition) is 1. The summed E-state index contributed by atoms with van der Waals surface area (Å²) < 4.78 is 37.1. The van der Waals surface area contributed by atoms with E-state index < -0.39 is 18.5 Å². The first-order chi connectivity index (χ1) is 14.6. The summed E-state index contributed by atoms with van der Waals surface area (Å²) in [5, 5.41) is 0. The van der Waals surface area contributed by atoms with Gasteiger partial charge in [-0.2, -0.15) is 13.1 Å². The molecule has 8 heteroatoms. The third-order valence-electron chi connectivity index (χ3n) is 4.73. The molecule has 3 aromatic rings. The number of rotatable bonds is 8.